The van der Waals surface area contributed by atoms with Gasteiger partial charge in [0.15, 0.2) is 12.6 Å². The molecule has 206 valence electrons. The predicted molar refractivity (Wildman–Crippen MR) is 150 cm³/mol. The van der Waals surface area contributed by atoms with E-state index < -0.39 is 30.9 Å². The van der Waals surface area contributed by atoms with E-state index >= 15 is 0 Å². The summed E-state index contributed by atoms with van der Waals surface area (Å²) in [7, 11) is 0. The van der Waals surface area contributed by atoms with Crippen molar-refractivity contribution in [3.8, 4) is 0 Å². The summed E-state index contributed by atoms with van der Waals surface area (Å²) < 4.78 is 38.8. The summed E-state index contributed by atoms with van der Waals surface area (Å²) in [5, 5.41) is 0. The molecule has 2 saturated heterocycles. The largest absolute Gasteiger partial charge is 0.368 e. The number of fused-ring (bicyclic) bond motifs is 1. The molecule has 0 aliphatic carbocycles. The second-order valence-electron chi connectivity index (χ2n) is 10.0. The monoisotopic (exact) mass is 538 g/mol. The molecule has 4 aromatic carbocycles. The fourth-order valence-electron chi connectivity index (χ4n) is 5.11. The normalized spacial score (nSPS) is 26.2. The van der Waals surface area contributed by atoms with E-state index in [0.29, 0.717) is 26.4 Å². The molecule has 2 aliphatic heterocycles. The predicted octanol–water partition coefficient (Wildman–Crippen LogP) is 6.21. The zero-order chi connectivity index (χ0) is 27.0. The van der Waals surface area contributed by atoms with Crippen molar-refractivity contribution < 1.29 is 28.4 Å². The van der Waals surface area contributed by atoms with Gasteiger partial charge in [0, 0.05) is 5.56 Å². The van der Waals surface area contributed by atoms with Gasteiger partial charge in [0.2, 0.25) is 0 Å². The Morgan fingerprint density at radius 1 is 0.525 bits per heavy atom. The first-order chi connectivity index (χ1) is 19.8. The Hall–Kier alpha value is -3.36. The standard InChI is InChI=1S/C34H34O6/c1-5-13-25(14-6-1)21-35-31-30-29(24-38-33(40-30)28-19-11-4-12-20-28)39-34(37-23-27-17-9-3-10-18-27)32(31)36-22-26-15-7-2-8-16-26/h1-20,29-34H,21-24H2/t29?,30-,31+,32?,33?,34-/m0/s1. The van der Waals surface area contributed by atoms with Crippen LogP contribution in [0.25, 0.3) is 0 Å². The first kappa shape index (κ1) is 26.8. The van der Waals surface area contributed by atoms with Crippen LogP contribution >= 0.6 is 0 Å². The molecule has 6 atom stereocenters. The van der Waals surface area contributed by atoms with Crippen LogP contribution in [0.4, 0.5) is 0 Å². The number of ether oxygens (including phenoxy) is 6. The minimum Gasteiger partial charge on any atom is -0.368 e. The van der Waals surface area contributed by atoms with Gasteiger partial charge in [-0.3, -0.25) is 0 Å². The van der Waals surface area contributed by atoms with Crippen LogP contribution in [0.15, 0.2) is 121 Å². The van der Waals surface area contributed by atoms with Crippen molar-refractivity contribution in [2.75, 3.05) is 6.61 Å². The summed E-state index contributed by atoms with van der Waals surface area (Å²) in [4.78, 5) is 0. The zero-order valence-corrected chi connectivity index (χ0v) is 22.3. The maximum Gasteiger partial charge on any atom is 0.187 e. The maximum absolute atomic E-state index is 6.64. The topological polar surface area (TPSA) is 55.4 Å². The quantitative estimate of drug-likeness (QED) is 0.239. The summed E-state index contributed by atoms with van der Waals surface area (Å²) in [5.74, 6) is 0. The molecular formula is C34H34O6. The molecule has 4 aromatic rings. The third-order valence-electron chi connectivity index (χ3n) is 7.18. The van der Waals surface area contributed by atoms with Crippen molar-refractivity contribution >= 4 is 0 Å². The van der Waals surface area contributed by atoms with Gasteiger partial charge < -0.3 is 28.4 Å². The molecular weight excluding hydrogens is 504 g/mol. The van der Waals surface area contributed by atoms with E-state index in [9.17, 15) is 0 Å². The molecule has 6 nitrogen and oxygen atoms in total. The van der Waals surface area contributed by atoms with Gasteiger partial charge >= 0.3 is 0 Å². The molecule has 0 amide bonds. The van der Waals surface area contributed by atoms with Crippen LogP contribution in [-0.2, 0) is 48.2 Å². The highest BCUT2D eigenvalue weighted by Crippen LogP contribution is 2.37. The molecule has 0 aromatic heterocycles. The Morgan fingerprint density at radius 3 is 1.55 bits per heavy atom. The Morgan fingerprint density at radius 2 is 1.00 bits per heavy atom. The summed E-state index contributed by atoms with van der Waals surface area (Å²) in [6.07, 6.45) is -2.99. The molecule has 3 unspecified atom stereocenters. The van der Waals surface area contributed by atoms with Crippen LogP contribution in [0.5, 0.6) is 0 Å². The lowest BCUT2D eigenvalue weighted by Crippen LogP contribution is -2.63. The van der Waals surface area contributed by atoms with Gasteiger partial charge in [-0.15, -0.1) is 0 Å². The highest BCUT2D eigenvalue weighted by atomic mass is 16.8. The van der Waals surface area contributed by atoms with Crippen LogP contribution < -0.4 is 0 Å². The average Bonchev–Trinajstić information content (AvgIpc) is 3.03. The molecule has 0 saturated carbocycles. The molecule has 2 heterocycles. The number of hydrogen-bond acceptors (Lipinski definition) is 6. The highest BCUT2D eigenvalue weighted by molar-refractivity contribution is 5.18. The van der Waals surface area contributed by atoms with Crippen molar-refractivity contribution in [2.24, 2.45) is 0 Å². The Balaban J connectivity index is 1.27. The Kier molecular flexibility index (Phi) is 8.95. The average molecular weight is 539 g/mol. The lowest BCUT2D eigenvalue weighted by atomic mass is 9.97. The molecule has 40 heavy (non-hydrogen) atoms. The van der Waals surface area contributed by atoms with Gasteiger partial charge in [-0.25, -0.2) is 0 Å². The Bertz CT molecular complexity index is 1290. The van der Waals surface area contributed by atoms with E-state index in [0.717, 1.165) is 22.3 Å². The van der Waals surface area contributed by atoms with Gasteiger partial charge in [0.1, 0.15) is 24.4 Å². The van der Waals surface area contributed by atoms with E-state index in [-0.39, 0.29) is 6.10 Å². The summed E-state index contributed by atoms with van der Waals surface area (Å²) in [5.41, 5.74) is 4.13. The van der Waals surface area contributed by atoms with Gasteiger partial charge in [0.05, 0.1) is 26.4 Å². The number of rotatable bonds is 10. The summed E-state index contributed by atoms with van der Waals surface area (Å²) in [6, 6.07) is 40.2. The second kappa shape index (κ2) is 13.3. The third kappa shape index (κ3) is 6.67. The van der Waals surface area contributed by atoms with Crippen LogP contribution in [0.3, 0.4) is 0 Å². The smallest absolute Gasteiger partial charge is 0.187 e. The molecule has 0 radical (unpaired) electrons. The van der Waals surface area contributed by atoms with Crippen LogP contribution in [0.2, 0.25) is 0 Å². The molecule has 0 bridgehead atoms. The molecule has 0 spiro atoms. The van der Waals surface area contributed by atoms with Crippen molar-refractivity contribution in [1.82, 2.24) is 0 Å². The second-order valence-corrected chi connectivity index (χ2v) is 10.0. The van der Waals surface area contributed by atoms with Crippen molar-refractivity contribution in [2.45, 2.75) is 56.8 Å². The maximum atomic E-state index is 6.64. The fourth-order valence-corrected chi connectivity index (χ4v) is 5.11. The summed E-state index contributed by atoms with van der Waals surface area (Å²) >= 11 is 0. The minimum atomic E-state index is -0.675. The van der Waals surface area contributed by atoms with Gasteiger partial charge in [0.25, 0.3) is 0 Å². The molecule has 6 rings (SSSR count). The third-order valence-corrected chi connectivity index (χ3v) is 7.18. The molecule has 2 aliphatic rings. The lowest BCUT2D eigenvalue weighted by molar-refractivity contribution is -0.374. The lowest BCUT2D eigenvalue weighted by Gasteiger charge is -2.49. The van der Waals surface area contributed by atoms with Crippen molar-refractivity contribution in [3.63, 3.8) is 0 Å². The first-order valence-corrected chi connectivity index (χ1v) is 13.8. The zero-order valence-electron chi connectivity index (χ0n) is 22.3. The van der Waals surface area contributed by atoms with Gasteiger partial charge in [-0.05, 0) is 16.7 Å². The molecule has 6 heteroatoms. The van der Waals surface area contributed by atoms with Crippen LogP contribution in [0, 0.1) is 0 Å². The molecule has 0 N–H and O–H groups in total. The van der Waals surface area contributed by atoms with E-state index in [1.165, 1.54) is 0 Å². The van der Waals surface area contributed by atoms with Crippen LogP contribution in [-0.4, -0.2) is 37.3 Å². The van der Waals surface area contributed by atoms with Crippen molar-refractivity contribution in [1.29, 1.82) is 0 Å². The van der Waals surface area contributed by atoms with E-state index in [1.54, 1.807) is 0 Å². The summed E-state index contributed by atoms with van der Waals surface area (Å²) in [6.45, 7) is 1.53. The van der Waals surface area contributed by atoms with E-state index in [4.69, 9.17) is 28.4 Å². The minimum absolute atomic E-state index is 0.353. The molecule has 2 fully saturated rings. The number of benzene rings is 4. The van der Waals surface area contributed by atoms with E-state index in [1.807, 2.05) is 109 Å². The SMILES string of the molecule is c1ccc(COC2[C@@H](OCc3ccccc3)OC3COC(c4ccccc4)O[C@@H]3[C@H]2OCc2ccccc2)cc1. The van der Waals surface area contributed by atoms with E-state index in [2.05, 4.69) is 12.1 Å². The Labute approximate surface area is 235 Å². The number of hydrogen-bond donors (Lipinski definition) is 0. The van der Waals surface area contributed by atoms with Crippen molar-refractivity contribution in [3.05, 3.63) is 144 Å². The highest BCUT2D eigenvalue weighted by Gasteiger charge is 2.51. The van der Waals surface area contributed by atoms with Crippen LogP contribution in [0.1, 0.15) is 28.5 Å². The van der Waals surface area contributed by atoms with Gasteiger partial charge in [-0.2, -0.15) is 0 Å². The van der Waals surface area contributed by atoms with Gasteiger partial charge in [-0.1, -0.05) is 121 Å². The fraction of sp³-hybridized carbons (Fsp3) is 0.294. The first-order valence-electron chi connectivity index (χ1n) is 13.8.